The van der Waals surface area contributed by atoms with E-state index in [1.165, 1.54) is 23.1 Å². The summed E-state index contributed by atoms with van der Waals surface area (Å²) in [6, 6.07) is 5.21. The highest BCUT2D eigenvalue weighted by Crippen LogP contribution is 2.32. The molecule has 0 spiro atoms. The van der Waals surface area contributed by atoms with E-state index >= 15 is 0 Å². The van der Waals surface area contributed by atoms with Crippen LogP contribution in [0.15, 0.2) is 23.2 Å². The number of carboxylic acid groups (broad SMARTS) is 1. The highest BCUT2D eigenvalue weighted by Gasteiger charge is 2.26. The first-order valence-corrected chi connectivity index (χ1v) is 9.88. The molecule has 1 aromatic carbocycles. The Morgan fingerprint density at radius 1 is 1.48 bits per heavy atom. The molecule has 25 heavy (non-hydrogen) atoms. The highest BCUT2D eigenvalue weighted by molar-refractivity contribution is 8.15. The number of aliphatic carboxylic acids is 1. The number of hydrogen-bond acceptors (Lipinski definition) is 7. The smallest absolute Gasteiger partial charge is 0.329 e. The Morgan fingerprint density at radius 2 is 2.28 bits per heavy atom. The zero-order chi connectivity index (χ0) is 18.0. The van der Waals surface area contributed by atoms with Crippen LogP contribution in [0.1, 0.15) is 18.4 Å². The third kappa shape index (κ3) is 4.50. The number of rotatable bonds is 7. The molecule has 6 nitrogen and oxygen atoms in total. The van der Waals surface area contributed by atoms with Gasteiger partial charge in [0.1, 0.15) is 15.8 Å². The molecular formula is C17H21N3O3S2. The van der Waals surface area contributed by atoms with Crippen LogP contribution < -0.4 is 4.74 Å². The summed E-state index contributed by atoms with van der Waals surface area (Å²) in [5.74, 6) is 0.419. The van der Waals surface area contributed by atoms with Crippen LogP contribution in [0.2, 0.25) is 0 Å². The van der Waals surface area contributed by atoms with E-state index in [0.29, 0.717) is 5.75 Å². The van der Waals surface area contributed by atoms with Crippen molar-refractivity contribution in [3.05, 3.63) is 23.2 Å². The van der Waals surface area contributed by atoms with Gasteiger partial charge in [-0.05, 0) is 45.6 Å². The van der Waals surface area contributed by atoms with Crippen LogP contribution in [0.3, 0.4) is 0 Å². The maximum Gasteiger partial charge on any atom is 0.329 e. The van der Waals surface area contributed by atoms with Gasteiger partial charge in [-0.3, -0.25) is 4.99 Å². The molecule has 1 aliphatic rings. The lowest BCUT2D eigenvalue weighted by Crippen LogP contribution is -2.21. The van der Waals surface area contributed by atoms with Crippen LogP contribution in [-0.4, -0.2) is 64.5 Å². The Kier molecular flexibility index (Phi) is 5.61. The summed E-state index contributed by atoms with van der Waals surface area (Å²) in [7, 11) is 4.10. The fraction of sp³-hybridized carbons (Fsp3) is 0.471. The van der Waals surface area contributed by atoms with Crippen molar-refractivity contribution in [2.75, 3.05) is 26.4 Å². The molecule has 2 aromatic rings. The highest BCUT2D eigenvalue weighted by atomic mass is 32.2. The van der Waals surface area contributed by atoms with Crippen LogP contribution >= 0.6 is 23.1 Å². The number of carboxylic acids is 1. The van der Waals surface area contributed by atoms with E-state index in [0.717, 1.165) is 39.0 Å². The molecule has 134 valence electrons. The summed E-state index contributed by atoms with van der Waals surface area (Å²) in [4.78, 5) is 22.0. The first-order chi connectivity index (χ1) is 11.9. The lowest BCUT2D eigenvalue weighted by molar-refractivity contribution is -0.137. The number of nitrogens with zero attached hydrogens (tertiary/aromatic N) is 3. The number of aromatic nitrogens is 1. The number of aliphatic imine (C=N–C) groups is 1. The summed E-state index contributed by atoms with van der Waals surface area (Å²) in [5.41, 5.74) is 0.885. The lowest BCUT2D eigenvalue weighted by Gasteiger charge is -2.17. The van der Waals surface area contributed by atoms with Crippen LogP contribution in [0.4, 0.5) is 0 Å². The van der Waals surface area contributed by atoms with Crippen molar-refractivity contribution in [1.29, 1.82) is 0 Å². The number of fused-ring (bicyclic) bond motifs is 1. The monoisotopic (exact) mass is 379 g/mol. The zero-order valence-electron chi connectivity index (χ0n) is 14.4. The van der Waals surface area contributed by atoms with Crippen molar-refractivity contribution in [2.45, 2.75) is 25.5 Å². The molecule has 8 heteroatoms. The van der Waals surface area contributed by atoms with E-state index in [2.05, 4.69) is 35.9 Å². The van der Waals surface area contributed by atoms with Gasteiger partial charge in [-0.2, -0.15) is 0 Å². The average molecular weight is 380 g/mol. The van der Waals surface area contributed by atoms with Gasteiger partial charge in [0, 0.05) is 12.3 Å². The van der Waals surface area contributed by atoms with Crippen molar-refractivity contribution in [3.63, 3.8) is 0 Å². The van der Waals surface area contributed by atoms with E-state index in [9.17, 15) is 4.79 Å². The number of thiazole rings is 1. The SMILES string of the molecule is CC(CCN(C)C)Oc1ccc2nc(C3=NC(C(=O)O)CS3)sc2c1. The second kappa shape index (κ2) is 7.72. The van der Waals surface area contributed by atoms with Crippen LogP contribution in [0.5, 0.6) is 5.75 Å². The van der Waals surface area contributed by atoms with Crippen molar-refractivity contribution in [3.8, 4) is 5.75 Å². The topological polar surface area (TPSA) is 75.0 Å². The summed E-state index contributed by atoms with van der Waals surface area (Å²) in [6.45, 7) is 3.05. The Hall–Kier alpha value is -1.64. The fourth-order valence-electron chi connectivity index (χ4n) is 2.42. The van der Waals surface area contributed by atoms with E-state index in [-0.39, 0.29) is 6.10 Å². The molecule has 0 saturated carbocycles. The molecule has 0 radical (unpaired) electrons. The van der Waals surface area contributed by atoms with Gasteiger partial charge >= 0.3 is 5.97 Å². The number of benzene rings is 1. The molecule has 0 saturated heterocycles. The molecule has 0 bridgehead atoms. The molecule has 0 fully saturated rings. The van der Waals surface area contributed by atoms with Crippen molar-refractivity contribution in [2.24, 2.45) is 4.99 Å². The van der Waals surface area contributed by atoms with Gasteiger partial charge in [0.2, 0.25) is 0 Å². The minimum Gasteiger partial charge on any atom is -0.491 e. The summed E-state index contributed by atoms with van der Waals surface area (Å²) in [5, 5.41) is 10.6. The largest absolute Gasteiger partial charge is 0.491 e. The third-order valence-electron chi connectivity index (χ3n) is 3.80. The Balaban J connectivity index is 1.74. The molecule has 2 atom stereocenters. The van der Waals surface area contributed by atoms with Crippen molar-refractivity contribution in [1.82, 2.24) is 9.88 Å². The molecule has 1 aliphatic heterocycles. The molecule has 2 heterocycles. The molecule has 3 rings (SSSR count). The standard InChI is InChI=1S/C17H21N3O3S2/c1-10(6-7-20(2)3)23-11-4-5-12-14(8-11)25-16(18-12)15-19-13(9-24-15)17(21)22/h4-5,8,10,13H,6-7,9H2,1-3H3,(H,21,22). The number of thioether (sulfide) groups is 1. The van der Waals surface area contributed by atoms with E-state index < -0.39 is 12.0 Å². The predicted octanol–water partition coefficient (Wildman–Crippen LogP) is 2.96. The van der Waals surface area contributed by atoms with Gasteiger partial charge in [0.05, 0.1) is 16.3 Å². The Morgan fingerprint density at radius 3 is 2.96 bits per heavy atom. The van der Waals surface area contributed by atoms with Crippen molar-refractivity contribution < 1.29 is 14.6 Å². The Labute approximate surface area is 154 Å². The predicted molar refractivity (Wildman–Crippen MR) is 103 cm³/mol. The van der Waals surface area contributed by atoms with E-state index in [1.807, 2.05) is 18.2 Å². The third-order valence-corrected chi connectivity index (χ3v) is 6.01. The second-order valence-corrected chi connectivity index (χ2v) is 8.31. The first-order valence-electron chi connectivity index (χ1n) is 8.08. The van der Waals surface area contributed by atoms with Gasteiger partial charge in [0.15, 0.2) is 6.04 Å². The van der Waals surface area contributed by atoms with Gasteiger partial charge < -0.3 is 14.7 Å². The fourth-order valence-corrected chi connectivity index (χ4v) is 4.51. The van der Waals surface area contributed by atoms with Gasteiger partial charge in [-0.15, -0.1) is 23.1 Å². The zero-order valence-corrected chi connectivity index (χ0v) is 16.1. The maximum absolute atomic E-state index is 11.0. The second-order valence-electron chi connectivity index (χ2n) is 6.27. The molecule has 1 aromatic heterocycles. The minimum absolute atomic E-state index is 0.137. The van der Waals surface area contributed by atoms with Gasteiger partial charge in [-0.1, -0.05) is 0 Å². The van der Waals surface area contributed by atoms with Crippen LogP contribution in [0, 0.1) is 0 Å². The van der Waals surface area contributed by atoms with Crippen molar-refractivity contribution >= 4 is 44.3 Å². The molecule has 0 aliphatic carbocycles. The normalized spacial score (nSPS) is 18.6. The number of ether oxygens (including phenoxy) is 1. The molecule has 1 N–H and O–H groups in total. The summed E-state index contributed by atoms with van der Waals surface area (Å²) in [6.07, 6.45) is 1.10. The van der Waals surface area contributed by atoms with Gasteiger partial charge in [0.25, 0.3) is 0 Å². The molecule has 2 unspecified atom stereocenters. The summed E-state index contributed by atoms with van der Waals surface area (Å²) < 4.78 is 7.02. The Bertz CT molecular complexity index is 804. The quantitative estimate of drug-likeness (QED) is 0.797. The summed E-state index contributed by atoms with van der Waals surface area (Å²) >= 11 is 2.98. The number of carbonyl (C=O) groups is 1. The lowest BCUT2D eigenvalue weighted by atomic mass is 10.2. The first kappa shape index (κ1) is 18.2. The average Bonchev–Trinajstić information content (AvgIpc) is 3.19. The maximum atomic E-state index is 11.0. The van der Waals surface area contributed by atoms with Crippen LogP contribution in [0.25, 0.3) is 10.2 Å². The molecule has 0 amide bonds. The van der Waals surface area contributed by atoms with Crippen LogP contribution in [-0.2, 0) is 4.79 Å². The van der Waals surface area contributed by atoms with Gasteiger partial charge in [-0.25, -0.2) is 9.78 Å². The number of hydrogen-bond donors (Lipinski definition) is 1. The van der Waals surface area contributed by atoms with E-state index in [4.69, 9.17) is 9.84 Å². The minimum atomic E-state index is -0.883. The molecular weight excluding hydrogens is 358 g/mol. The van der Waals surface area contributed by atoms with E-state index in [1.54, 1.807) is 0 Å².